The number of allylic oxidation sites excluding steroid dienone is 1. The summed E-state index contributed by atoms with van der Waals surface area (Å²) in [5.41, 5.74) is 6.55. The van der Waals surface area contributed by atoms with Gasteiger partial charge in [0.2, 0.25) is 0 Å². The van der Waals surface area contributed by atoms with E-state index in [2.05, 4.69) is 6.58 Å². The van der Waals surface area contributed by atoms with Crippen LogP contribution in [0, 0.1) is 10.1 Å². The molecule has 0 unspecified atom stereocenters. The molecule has 2 N–H and O–H groups in total. The molecule has 0 aliphatic rings. The van der Waals surface area contributed by atoms with Crippen LogP contribution in [0.2, 0.25) is 0 Å². The van der Waals surface area contributed by atoms with Crippen molar-refractivity contribution in [2.45, 2.75) is 18.9 Å². The average Bonchev–Trinajstić information content (AvgIpc) is 2.25. The summed E-state index contributed by atoms with van der Waals surface area (Å²) in [5.74, 6) is 0. The van der Waals surface area contributed by atoms with E-state index in [0.717, 1.165) is 6.42 Å². The van der Waals surface area contributed by atoms with Gasteiger partial charge in [-0.1, -0.05) is 24.3 Å². The molecule has 80 valence electrons. The van der Waals surface area contributed by atoms with Crippen LogP contribution in [0.1, 0.15) is 24.4 Å². The van der Waals surface area contributed by atoms with Crippen LogP contribution in [-0.4, -0.2) is 4.92 Å². The summed E-state index contributed by atoms with van der Waals surface area (Å²) in [4.78, 5) is 10.3. The maximum absolute atomic E-state index is 10.7. The van der Waals surface area contributed by atoms with Crippen molar-refractivity contribution in [2.75, 3.05) is 0 Å². The van der Waals surface area contributed by atoms with E-state index in [1.54, 1.807) is 24.3 Å². The molecule has 0 radical (unpaired) electrons. The molecule has 0 aliphatic carbocycles. The Bertz CT molecular complexity index is 363. The predicted octanol–water partition coefficient (Wildman–Crippen LogP) is 2.56. The molecule has 0 spiro atoms. The van der Waals surface area contributed by atoms with Crippen molar-refractivity contribution >= 4 is 5.69 Å². The first-order chi connectivity index (χ1) is 7.16. The number of rotatable bonds is 5. The predicted molar refractivity (Wildman–Crippen MR) is 59.5 cm³/mol. The molecule has 0 saturated carbocycles. The van der Waals surface area contributed by atoms with Gasteiger partial charge < -0.3 is 5.73 Å². The Kier molecular flexibility index (Phi) is 4.00. The van der Waals surface area contributed by atoms with E-state index in [1.165, 1.54) is 6.07 Å². The topological polar surface area (TPSA) is 69.2 Å². The summed E-state index contributed by atoms with van der Waals surface area (Å²) in [6, 6.07) is 6.28. The van der Waals surface area contributed by atoms with Crippen LogP contribution in [0.15, 0.2) is 36.9 Å². The highest BCUT2D eigenvalue weighted by molar-refractivity contribution is 5.41. The van der Waals surface area contributed by atoms with Gasteiger partial charge in [-0.25, -0.2) is 0 Å². The van der Waals surface area contributed by atoms with Crippen LogP contribution in [0.25, 0.3) is 0 Å². The summed E-state index contributed by atoms with van der Waals surface area (Å²) >= 11 is 0. The number of nitrogens with zero attached hydrogens (tertiary/aromatic N) is 1. The smallest absolute Gasteiger partial charge is 0.274 e. The Morgan fingerprint density at radius 2 is 2.20 bits per heavy atom. The molecule has 0 aromatic heterocycles. The lowest BCUT2D eigenvalue weighted by atomic mass is 10.0. The van der Waals surface area contributed by atoms with E-state index in [9.17, 15) is 10.1 Å². The molecule has 0 bridgehead atoms. The second kappa shape index (κ2) is 5.26. The van der Waals surface area contributed by atoms with Gasteiger partial charge in [0.1, 0.15) is 0 Å². The summed E-state index contributed by atoms with van der Waals surface area (Å²) in [5, 5.41) is 10.7. The Balaban J connectivity index is 2.91. The second-order valence-corrected chi connectivity index (χ2v) is 3.29. The van der Waals surface area contributed by atoms with Gasteiger partial charge in [0.05, 0.1) is 4.92 Å². The van der Waals surface area contributed by atoms with Gasteiger partial charge in [-0.2, -0.15) is 0 Å². The molecule has 0 heterocycles. The van der Waals surface area contributed by atoms with Crippen LogP contribution in [-0.2, 0) is 0 Å². The zero-order valence-electron chi connectivity index (χ0n) is 8.43. The monoisotopic (exact) mass is 206 g/mol. The van der Waals surface area contributed by atoms with Crippen molar-refractivity contribution in [3.05, 3.63) is 52.6 Å². The molecule has 1 aromatic carbocycles. The van der Waals surface area contributed by atoms with E-state index in [0.29, 0.717) is 12.0 Å². The van der Waals surface area contributed by atoms with Gasteiger partial charge in [-0.15, -0.1) is 6.58 Å². The molecule has 0 aliphatic heterocycles. The van der Waals surface area contributed by atoms with Crippen LogP contribution in [0.4, 0.5) is 5.69 Å². The normalized spacial score (nSPS) is 12.1. The van der Waals surface area contributed by atoms with Crippen LogP contribution < -0.4 is 5.73 Å². The number of benzene rings is 1. The van der Waals surface area contributed by atoms with E-state index in [1.807, 2.05) is 0 Å². The van der Waals surface area contributed by atoms with Gasteiger partial charge in [-0.05, 0) is 12.8 Å². The lowest BCUT2D eigenvalue weighted by molar-refractivity contribution is -0.385. The van der Waals surface area contributed by atoms with E-state index >= 15 is 0 Å². The molecular weight excluding hydrogens is 192 g/mol. The molecule has 0 fully saturated rings. The van der Waals surface area contributed by atoms with E-state index < -0.39 is 4.92 Å². The van der Waals surface area contributed by atoms with E-state index in [4.69, 9.17) is 5.73 Å². The summed E-state index contributed by atoms with van der Waals surface area (Å²) in [6.07, 6.45) is 3.19. The third-order valence-electron chi connectivity index (χ3n) is 2.21. The first-order valence-corrected chi connectivity index (χ1v) is 4.76. The standard InChI is InChI=1S/C11H14N2O2/c1-2-3-7-10(12)9-6-4-5-8-11(9)13(14)15/h2,4-6,8,10H,1,3,7,12H2/t10-/m0/s1. The highest BCUT2D eigenvalue weighted by atomic mass is 16.6. The van der Waals surface area contributed by atoms with Crippen molar-refractivity contribution in [1.29, 1.82) is 0 Å². The number of hydrogen-bond acceptors (Lipinski definition) is 3. The van der Waals surface area contributed by atoms with Crippen molar-refractivity contribution in [1.82, 2.24) is 0 Å². The van der Waals surface area contributed by atoms with Crippen LogP contribution in [0.3, 0.4) is 0 Å². The fraction of sp³-hybridized carbons (Fsp3) is 0.273. The lowest BCUT2D eigenvalue weighted by Gasteiger charge is -2.10. The lowest BCUT2D eigenvalue weighted by Crippen LogP contribution is -2.11. The minimum atomic E-state index is -0.400. The van der Waals surface area contributed by atoms with Crippen molar-refractivity contribution in [2.24, 2.45) is 5.73 Å². The van der Waals surface area contributed by atoms with Gasteiger partial charge in [0, 0.05) is 17.7 Å². The van der Waals surface area contributed by atoms with Gasteiger partial charge in [-0.3, -0.25) is 10.1 Å². The summed E-state index contributed by atoms with van der Waals surface area (Å²) in [7, 11) is 0. The molecule has 15 heavy (non-hydrogen) atoms. The fourth-order valence-electron chi connectivity index (χ4n) is 1.42. The van der Waals surface area contributed by atoms with Crippen LogP contribution in [0.5, 0.6) is 0 Å². The Morgan fingerprint density at radius 3 is 2.80 bits per heavy atom. The molecule has 1 atom stereocenters. The molecule has 4 heteroatoms. The Hall–Kier alpha value is -1.68. The zero-order valence-corrected chi connectivity index (χ0v) is 8.43. The average molecular weight is 206 g/mol. The molecule has 4 nitrogen and oxygen atoms in total. The molecule has 1 aromatic rings. The van der Waals surface area contributed by atoms with Crippen molar-refractivity contribution < 1.29 is 4.92 Å². The highest BCUT2D eigenvalue weighted by Crippen LogP contribution is 2.25. The van der Waals surface area contributed by atoms with Crippen molar-refractivity contribution in [3.8, 4) is 0 Å². The maximum atomic E-state index is 10.7. The van der Waals surface area contributed by atoms with Gasteiger partial charge in [0.25, 0.3) is 5.69 Å². The quantitative estimate of drug-likeness (QED) is 0.457. The Morgan fingerprint density at radius 1 is 1.53 bits per heavy atom. The first-order valence-electron chi connectivity index (χ1n) is 4.76. The minimum absolute atomic E-state index is 0.0917. The fourth-order valence-corrected chi connectivity index (χ4v) is 1.42. The third kappa shape index (κ3) is 2.89. The molecule has 0 amide bonds. The SMILES string of the molecule is C=CCC[C@H](N)c1ccccc1[N+](=O)[O-]. The van der Waals surface area contributed by atoms with Crippen molar-refractivity contribution in [3.63, 3.8) is 0 Å². The first kappa shape index (κ1) is 11.4. The number of nitrogens with two attached hydrogens (primary N) is 1. The molecular formula is C11H14N2O2. The highest BCUT2D eigenvalue weighted by Gasteiger charge is 2.17. The molecule has 1 rings (SSSR count). The molecule has 0 saturated heterocycles. The maximum Gasteiger partial charge on any atom is 0.274 e. The minimum Gasteiger partial charge on any atom is -0.324 e. The number of hydrogen-bond donors (Lipinski definition) is 1. The van der Waals surface area contributed by atoms with Crippen LogP contribution >= 0.6 is 0 Å². The zero-order chi connectivity index (χ0) is 11.3. The Labute approximate surface area is 88.6 Å². The third-order valence-corrected chi connectivity index (χ3v) is 2.21. The van der Waals surface area contributed by atoms with Gasteiger partial charge >= 0.3 is 0 Å². The van der Waals surface area contributed by atoms with Gasteiger partial charge in [0.15, 0.2) is 0 Å². The second-order valence-electron chi connectivity index (χ2n) is 3.29. The number of nitro groups is 1. The summed E-state index contributed by atoms with van der Waals surface area (Å²) in [6.45, 7) is 3.59. The number of para-hydroxylation sites is 1. The largest absolute Gasteiger partial charge is 0.324 e. The van der Waals surface area contributed by atoms with E-state index in [-0.39, 0.29) is 11.7 Å². The summed E-state index contributed by atoms with van der Waals surface area (Å²) < 4.78 is 0. The number of nitro benzene ring substituents is 1.